The zero-order chi connectivity index (χ0) is 15.3. The normalized spacial score (nSPS) is 14.6. The van der Waals surface area contributed by atoms with Gasteiger partial charge in [-0.2, -0.15) is 0 Å². The molecule has 0 aromatic carbocycles. The minimum absolute atomic E-state index is 0.0883. The quantitative estimate of drug-likeness (QED) is 0.663. The molecular weight excluding hydrogens is 262 g/mol. The topological polar surface area (TPSA) is 98.7 Å². The van der Waals surface area contributed by atoms with Crippen LogP contribution in [0.3, 0.4) is 0 Å². The van der Waals surface area contributed by atoms with Gasteiger partial charge < -0.3 is 20.6 Å². The van der Waals surface area contributed by atoms with Crippen LogP contribution in [-0.4, -0.2) is 52.6 Å². The molecule has 0 heterocycles. The maximum Gasteiger partial charge on any atom is 0.318 e. The zero-order valence-electron chi connectivity index (χ0n) is 12.2. The summed E-state index contributed by atoms with van der Waals surface area (Å²) in [5.74, 6) is -1.17. The third-order valence-electron chi connectivity index (χ3n) is 2.95. The molecule has 7 nitrogen and oxygen atoms in total. The SMILES string of the molecule is CC(C)(C)N(CCC(=O)O)C(=O)NCC(=O)NC1CC1. The number of carbonyl (C=O) groups excluding carboxylic acids is 2. The largest absolute Gasteiger partial charge is 0.481 e. The van der Waals surface area contributed by atoms with Gasteiger partial charge in [0.2, 0.25) is 5.91 Å². The highest BCUT2D eigenvalue weighted by Gasteiger charge is 2.28. The molecule has 0 aliphatic heterocycles. The molecule has 0 radical (unpaired) electrons. The molecule has 3 amide bonds. The maximum atomic E-state index is 12.1. The van der Waals surface area contributed by atoms with Crippen LogP contribution in [0.4, 0.5) is 4.79 Å². The molecule has 1 aliphatic carbocycles. The van der Waals surface area contributed by atoms with Crippen LogP contribution in [0.1, 0.15) is 40.0 Å². The molecule has 1 rings (SSSR count). The van der Waals surface area contributed by atoms with E-state index in [4.69, 9.17) is 5.11 Å². The Bertz CT molecular complexity index is 386. The van der Waals surface area contributed by atoms with E-state index in [0.717, 1.165) is 12.8 Å². The van der Waals surface area contributed by atoms with Gasteiger partial charge in [-0.15, -0.1) is 0 Å². The van der Waals surface area contributed by atoms with E-state index in [1.807, 2.05) is 20.8 Å². The Morgan fingerprint density at radius 2 is 1.85 bits per heavy atom. The van der Waals surface area contributed by atoms with Crippen LogP contribution < -0.4 is 10.6 Å². The summed E-state index contributed by atoms with van der Waals surface area (Å²) in [6.07, 6.45) is 1.86. The third kappa shape index (κ3) is 5.90. The standard InChI is InChI=1S/C13H23N3O4/c1-13(2,3)16(7-6-11(18)19)12(20)14-8-10(17)15-9-4-5-9/h9H,4-8H2,1-3H3,(H,14,20)(H,15,17)(H,18,19). The van der Waals surface area contributed by atoms with Crippen LogP contribution in [0.2, 0.25) is 0 Å². The summed E-state index contributed by atoms with van der Waals surface area (Å²) in [5.41, 5.74) is -0.507. The van der Waals surface area contributed by atoms with Crippen LogP contribution >= 0.6 is 0 Å². The van der Waals surface area contributed by atoms with Gasteiger partial charge in [0.15, 0.2) is 0 Å². The second-order valence-corrected chi connectivity index (χ2v) is 5.97. The number of carboxylic acid groups (broad SMARTS) is 1. The first-order valence-corrected chi connectivity index (χ1v) is 6.77. The van der Waals surface area contributed by atoms with Gasteiger partial charge in [0, 0.05) is 18.1 Å². The molecule has 20 heavy (non-hydrogen) atoms. The summed E-state index contributed by atoms with van der Waals surface area (Å²) in [7, 11) is 0. The highest BCUT2D eigenvalue weighted by atomic mass is 16.4. The van der Waals surface area contributed by atoms with Crippen molar-refractivity contribution in [3.05, 3.63) is 0 Å². The van der Waals surface area contributed by atoms with E-state index >= 15 is 0 Å². The number of nitrogens with one attached hydrogen (secondary N) is 2. The Kier molecular flexibility index (Phi) is 5.35. The van der Waals surface area contributed by atoms with Gasteiger partial charge in [0.05, 0.1) is 13.0 Å². The Morgan fingerprint density at radius 3 is 2.30 bits per heavy atom. The minimum atomic E-state index is -0.960. The van der Waals surface area contributed by atoms with E-state index in [1.165, 1.54) is 4.90 Å². The number of nitrogens with zero attached hydrogens (tertiary/aromatic N) is 1. The van der Waals surface area contributed by atoms with Crippen molar-refractivity contribution in [1.82, 2.24) is 15.5 Å². The number of carbonyl (C=O) groups is 3. The lowest BCUT2D eigenvalue weighted by Crippen LogP contribution is -2.52. The van der Waals surface area contributed by atoms with Crippen LogP contribution in [0.5, 0.6) is 0 Å². The van der Waals surface area contributed by atoms with E-state index < -0.39 is 17.5 Å². The zero-order valence-corrected chi connectivity index (χ0v) is 12.2. The number of rotatable bonds is 6. The van der Waals surface area contributed by atoms with E-state index in [-0.39, 0.29) is 31.5 Å². The molecule has 0 aromatic heterocycles. The van der Waals surface area contributed by atoms with Crippen LogP contribution in [0, 0.1) is 0 Å². The maximum absolute atomic E-state index is 12.1. The van der Waals surface area contributed by atoms with Crippen LogP contribution in [0.25, 0.3) is 0 Å². The van der Waals surface area contributed by atoms with Crippen molar-refractivity contribution in [3.63, 3.8) is 0 Å². The summed E-state index contributed by atoms with van der Waals surface area (Å²) in [4.78, 5) is 35.6. The molecule has 1 saturated carbocycles. The number of aliphatic carboxylic acids is 1. The van der Waals surface area contributed by atoms with Gasteiger partial charge in [-0.3, -0.25) is 9.59 Å². The second-order valence-electron chi connectivity index (χ2n) is 5.97. The van der Waals surface area contributed by atoms with E-state index in [9.17, 15) is 14.4 Å². The fraction of sp³-hybridized carbons (Fsp3) is 0.769. The van der Waals surface area contributed by atoms with Gasteiger partial charge >= 0.3 is 12.0 Å². The Morgan fingerprint density at radius 1 is 1.25 bits per heavy atom. The smallest absolute Gasteiger partial charge is 0.318 e. The van der Waals surface area contributed by atoms with Gasteiger partial charge in [0.25, 0.3) is 0 Å². The third-order valence-corrected chi connectivity index (χ3v) is 2.95. The van der Waals surface area contributed by atoms with E-state index in [0.29, 0.717) is 0 Å². The van der Waals surface area contributed by atoms with Crippen molar-refractivity contribution in [2.45, 2.75) is 51.6 Å². The number of amides is 3. The highest BCUT2D eigenvalue weighted by Crippen LogP contribution is 2.18. The molecule has 0 spiro atoms. The van der Waals surface area contributed by atoms with Gasteiger partial charge in [-0.1, -0.05) is 0 Å². The summed E-state index contributed by atoms with van der Waals surface area (Å²) in [5, 5.41) is 14.0. The van der Waals surface area contributed by atoms with Gasteiger partial charge in [-0.25, -0.2) is 4.79 Å². The average molecular weight is 285 g/mol. The molecule has 1 aliphatic rings. The summed E-state index contributed by atoms with van der Waals surface area (Å²) < 4.78 is 0. The first kappa shape index (κ1) is 16.3. The van der Waals surface area contributed by atoms with Crippen LogP contribution in [-0.2, 0) is 9.59 Å². The first-order valence-electron chi connectivity index (χ1n) is 6.77. The minimum Gasteiger partial charge on any atom is -0.481 e. The molecule has 0 bridgehead atoms. The molecule has 7 heteroatoms. The molecule has 114 valence electrons. The highest BCUT2D eigenvalue weighted by molar-refractivity contribution is 5.84. The Balaban J connectivity index is 2.44. The van der Waals surface area contributed by atoms with Crippen molar-refractivity contribution < 1.29 is 19.5 Å². The number of hydrogen-bond donors (Lipinski definition) is 3. The van der Waals surface area contributed by atoms with E-state index in [2.05, 4.69) is 10.6 Å². The van der Waals surface area contributed by atoms with Crippen molar-refractivity contribution in [2.75, 3.05) is 13.1 Å². The first-order chi connectivity index (χ1) is 9.20. The monoisotopic (exact) mass is 285 g/mol. The molecular formula is C13H23N3O4. The fourth-order valence-electron chi connectivity index (χ4n) is 1.71. The fourth-order valence-corrected chi connectivity index (χ4v) is 1.71. The van der Waals surface area contributed by atoms with Gasteiger partial charge in [-0.05, 0) is 33.6 Å². The number of urea groups is 1. The lowest BCUT2D eigenvalue weighted by atomic mass is 10.1. The molecule has 3 N–H and O–H groups in total. The lowest BCUT2D eigenvalue weighted by Gasteiger charge is -2.35. The van der Waals surface area contributed by atoms with Gasteiger partial charge in [0.1, 0.15) is 0 Å². The number of carboxylic acids is 1. The lowest BCUT2D eigenvalue weighted by molar-refractivity contribution is -0.137. The molecule has 0 aromatic rings. The van der Waals surface area contributed by atoms with Crippen molar-refractivity contribution >= 4 is 17.9 Å². The molecule has 0 atom stereocenters. The Hall–Kier alpha value is -1.79. The predicted molar refractivity (Wildman–Crippen MR) is 73.3 cm³/mol. The Labute approximate surface area is 118 Å². The van der Waals surface area contributed by atoms with Crippen molar-refractivity contribution in [1.29, 1.82) is 0 Å². The summed E-state index contributed by atoms with van der Waals surface area (Å²) in [6, 6.07) is -0.171. The second kappa shape index (κ2) is 6.58. The summed E-state index contributed by atoms with van der Waals surface area (Å²) in [6.45, 7) is 5.47. The van der Waals surface area contributed by atoms with Crippen molar-refractivity contribution in [2.24, 2.45) is 0 Å². The van der Waals surface area contributed by atoms with E-state index in [1.54, 1.807) is 0 Å². The molecule has 0 unspecified atom stereocenters. The predicted octanol–water partition coefficient (Wildman–Crippen LogP) is 0.550. The van der Waals surface area contributed by atoms with Crippen molar-refractivity contribution in [3.8, 4) is 0 Å². The van der Waals surface area contributed by atoms with Crippen LogP contribution in [0.15, 0.2) is 0 Å². The molecule has 0 saturated heterocycles. The summed E-state index contributed by atoms with van der Waals surface area (Å²) >= 11 is 0. The average Bonchev–Trinajstić information content (AvgIpc) is 3.08. The number of hydrogen-bond acceptors (Lipinski definition) is 3. The molecule has 1 fully saturated rings.